The van der Waals surface area contributed by atoms with Crippen LogP contribution in [0.25, 0.3) is 0 Å². The number of benzene rings is 1. The predicted octanol–water partition coefficient (Wildman–Crippen LogP) is 1.80. The Labute approximate surface area is 161 Å². The number of amides is 2. The molecule has 2 N–H and O–H groups in total. The zero-order valence-electron chi connectivity index (χ0n) is 16.3. The van der Waals surface area contributed by atoms with Crippen LogP contribution in [0.15, 0.2) is 18.2 Å². The van der Waals surface area contributed by atoms with Gasteiger partial charge in [-0.1, -0.05) is 19.1 Å². The summed E-state index contributed by atoms with van der Waals surface area (Å²) >= 11 is 0. The average Bonchev–Trinajstić information content (AvgIpc) is 3.20. The summed E-state index contributed by atoms with van der Waals surface area (Å²) in [5.74, 6) is -1.15. The molecule has 27 heavy (non-hydrogen) atoms. The van der Waals surface area contributed by atoms with Crippen molar-refractivity contribution in [2.24, 2.45) is 0 Å². The number of anilines is 1. The van der Waals surface area contributed by atoms with E-state index in [1.54, 1.807) is 0 Å². The van der Waals surface area contributed by atoms with Crippen molar-refractivity contribution in [1.29, 1.82) is 0 Å². The molecule has 6 heteroatoms. The molecule has 2 aliphatic heterocycles. The molecule has 6 nitrogen and oxygen atoms in total. The number of hydrogen-bond donors (Lipinski definition) is 2. The summed E-state index contributed by atoms with van der Waals surface area (Å²) in [6, 6.07) is 6.59. The van der Waals surface area contributed by atoms with Gasteiger partial charge in [-0.2, -0.15) is 0 Å². The van der Waals surface area contributed by atoms with Crippen molar-refractivity contribution < 1.29 is 14.3 Å². The van der Waals surface area contributed by atoms with Crippen LogP contribution in [0.1, 0.15) is 43.7 Å². The summed E-state index contributed by atoms with van der Waals surface area (Å²) in [5, 5.41) is 5.36. The Morgan fingerprint density at radius 3 is 2.85 bits per heavy atom. The minimum atomic E-state index is -0.578. The first-order valence-corrected chi connectivity index (χ1v) is 10.2. The molecule has 0 unspecified atom stereocenters. The standard InChI is InChI=1S/C21H31N3O3/c1-2-11-24-12-3-5-17-14-16(7-8-19(17)24)9-10-22-20(25)21(26)23-15-18-6-4-13-27-18/h7-8,14,18H,2-6,9-13,15H2,1H3,(H,22,25)(H,23,26)/t18-/m0/s1. The molecule has 0 aromatic heterocycles. The van der Waals surface area contributed by atoms with Gasteiger partial charge in [0, 0.05) is 38.5 Å². The summed E-state index contributed by atoms with van der Waals surface area (Å²) in [5.41, 5.74) is 3.95. The normalized spacial score (nSPS) is 18.9. The van der Waals surface area contributed by atoms with Gasteiger partial charge in [0.2, 0.25) is 0 Å². The van der Waals surface area contributed by atoms with Gasteiger partial charge < -0.3 is 20.3 Å². The number of fused-ring (bicyclic) bond motifs is 1. The molecule has 1 atom stereocenters. The summed E-state index contributed by atoms with van der Waals surface area (Å²) < 4.78 is 5.44. The van der Waals surface area contributed by atoms with E-state index < -0.39 is 11.8 Å². The molecule has 148 valence electrons. The molecule has 1 aromatic carbocycles. The molecule has 1 aromatic rings. The van der Waals surface area contributed by atoms with E-state index in [4.69, 9.17) is 4.74 Å². The molecule has 0 aliphatic carbocycles. The second-order valence-corrected chi connectivity index (χ2v) is 7.40. The highest BCUT2D eigenvalue weighted by atomic mass is 16.5. The van der Waals surface area contributed by atoms with Crippen LogP contribution in [-0.4, -0.2) is 50.7 Å². The maximum atomic E-state index is 11.9. The van der Waals surface area contributed by atoms with Crippen LogP contribution in [-0.2, 0) is 27.2 Å². The summed E-state index contributed by atoms with van der Waals surface area (Å²) in [4.78, 5) is 26.2. The van der Waals surface area contributed by atoms with E-state index in [1.807, 2.05) is 0 Å². The Morgan fingerprint density at radius 1 is 1.22 bits per heavy atom. The van der Waals surface area contributed by atoms with E-state index in [0.29, 0.717) is 13.1 Å². The Morgan fingerprint density at radius 2 is 2.07 bits per heavy atom. The molecule has 2 heterocycles. The number of aryl methyl sites for hydroxylation is 1. The number of carbonyl (C=O) groups excluding carboxylic acids is 2. The third kappa shape index (κ3) is 5.45. The van der Waals surface area contributed by atoms with Gasteiger partial charge in [-0.25, -0.2) is 0 Å². The number of nitrogens with zero attached hydrogens (tertiary/aromatic N) is 1. The number of hydrogen-bond acceptors (Lipinski definition) is 4. The lowest BCUT2D eigenvalue weighted by atomic mass is 9.98. The first-order valence-electron chi connectivity index (χ1n) is 10.2. The molecule has 3 rings (SSSR count). The SMILES string of the molecule is CCCN1CCCc2cc(CCNC(=O)C(=O)NC[C@@H]3CCCO3)ccc21. The highest BCUT2D eigenvalue weighted by Crippen LogP contribution is 2.28. The highest BCUT2D eigenvalue weighted by Gasteiger charge is 2.19. The maximum absolute atomic E-state index is 11.9. The van der Waals surface area contributed by atoms with E-state index >= 15 is 0 Å². The van der Waals surface area contributed by atoms with Crippen LogP contribution in [0.5, 0.6) is 0 Å². The number of rotatable bonds is 7. The van der Waals surface area contributed by atoms with Crippen molar-refractivity contribution >= 4 is 17.5 Å². The fourth-order valence-corrected chi connectivity index (χ4v) is 3.88. The van der Waals surface area contributed by atoms with Crippen molar-refractivity contribution in [3.05, 3.63) is 29.3 Å². The lowest BCUT2D eigenvalue weighted by Gasteiger charge is -2.31. The Balaban J connectivity index is 1.43. The summed E-state index contributed by atoms with van der Waals surface area (Å²) in [6.07, 6.45) is 6.19. The van der Waals surface area contributed by atoms with Gasteiger partial charge in [0.1, 0.15) is 0 Å². The van der Waals surface area contributed by atoms with Crippen LogP contribution < -0.4 is 15.5 Å². The third-order valence-electron chi connectivity index (χ3n) is 5.27. The minimum absolute atomic E-state index is 0.0459. The highest BCUT2D eigenvalue weighted by molar-refractivity contribution is 6.35. The van der Waals surface area contributed by atoms with Crippen LogP contribution in [0.2, 0.25) is 0 Å². The molecule has 0 radical (unpaired) electrons. The molecule has 2 aliphatic rings. The molecular weight excluding hydrogens is 342 g/mol. The molecular formula is C21H31N3O3. The number of ether oxygens (including phenoxy) is 1. The second kappa shape index (κ2) is 9.74. The Hall–Kier alpha value is -2.08. The number of carbonyl (C=O) groups is 2. The Bertz CT molecular complexity index is 656. The van der Waals surface area contributed by atoms with Crippen molar-refractivity contribution in [2.45, 2.75) is 51.6 Å². The molecule has 0 saturated carbocycles. The summed E-state index contributed by atoms with van der Waals surface area (Å²) in [6.45, 7) is 6.06. The van der Waals surface area contributed by atoms with Crippen LogP contribution in [0.4, 0.5) is 5.69 Å². The largest absolute Gasteiger partial charge is 0.376 e. The van der Waals surface area contributed by atoms with Gasteiger partial charge in [-0.15, -0.1) is 0 Å². The zero-order chi connectivity index (χ0) is 19.1. The summed E-state index contributed by atoms with van der Waals surface area (Å²) in [7, 11) is 0. The fraction of sp³-hybridized carbons (Fsp3) is 0.619. The van der Waals surface area contributed by atoms with Gasteiger partial charge in [0.25, 0.3) is 0 Å². The monoisotopic (exact) mass is 373 g/mol. The minimum Gasteiger partial charge on any atom is -0.376 e. The van der Waals surface area contributed by atoms with Crippen molar-refractivity contribution in [1.82, 2.24) is 10.6 Å². The zero-order valence-corrected chi connectivity index (χ0v) is 16.3. The van der Waals surface area contributed by atoms with Gasteiger partial charge in [-0.05, 0) is 55.7 Å². The van der Waals surface area contributed by atoms with Gasteiger partial charge in [0.05, 0.1) is 6.10 Å². The first-order chi connectivity index (χ1) is 13.2. The molecule has 0 spiro atoms. The van der Waals surface area contributed by atoms with E-state index in [9.17, 15) is 9.59 Å². The second-order valence-electron chi connectivity index (χ2n) is 7.40. The van der Waals surface area contributed by atoms with E-state index in [1.165, 1.54) is 23.2 Å². The fourth-order valence-electron chi connectivity index (χ4n) is 3.88. The number of nitrogens with one attached hydrogen (secondary N) is 2. The Kier molecular flexibility index (Phi) is 7.10. The van der Waals surface area contributed by atoms with Gasteiger partial charge >= 0.3 is 11.8 Å². The van der Waals surface area contributed by atoms with E-state index in [-0.39, 0.29) is 6.10 Å². The lowest BCUT2D eigenvalue weighted by molar-refractivity contribution is -0.139. The maximum Gasteiger partial charge on any atom is 0.309 e. The van der Waals surface area contributed by atoms with E-state index in [2.05, 4.69) is 40.7 Å². The van der Waals surface area contributed by atoms with Gasteiger partial charge in [0.15, 0.2) is 0 Å². The quantitative estimate of drug-likeness (QED) is 0.715. The topological polar surface area (TPSA) is 70.7 Å². The predicted molar refractivity (Wildman–Crippen MR) is 106 cm³/mol. The van der Waals surface area contributed by atoms with Crippen LogP contribution in [0, 0.1) is 0 Å². The smallest absolute Gasteiger partial charge is 0.309 e. The molecule has 0 bridgehead atoms. The van der Waals surface area contributed by atoms with Crippen LogP contribution >= 0.6 is 0 Å². The van der Waals surface area contributed by atoms with Crippen molar-refractivity contribution in [2.75, 3.05) is 37.7 Å². The molecule has 1 saturated heterocycles. The molecule has 1 fully saturated rings. The third-order valence-corrected chi connectivity index (χ3v) is 5.27. The van der Waals surface area contributed by atoms with Crippen LogP contribution in [0.3, 0.4) is 0 Å². The lowest BCUT2D eigenvalue weighted by Crippen LogP contribution is -2.43. The van der Waals surface area contributed by atoms with Crippen molar-refractivity contribution in [3.8, 4) is 0 Å². The molecule has 2 amide bonds. The average molecular weight is 373 g/mol. The van der Waals surface area contributed by atoms with E-state index in [0.717, 1.165) is 51.8 Å². The van der Waals surface area contributed by atoms with Crippen molar-refractivity contribution in [3.63, 3.8) is 0 Å². The van der Waals surface area contributed by atoms with Gasteiger partial charge in [-0.3, -0.25) is 9.59 Å². The first kappa shape index (κ1) is 19.7.